The lowest BCUT2D eigenvalue weighted by atomic mass is 9.73. The van der Waals surface area contributed by atoms with Crippen LogP contribution in [0.2, 0.25) is 0 Å². The first kappa shape index (κ1) is 23.5. The predicted octanol–water partition coefficient (Wildman–Crippen LogP) is 2.68. The molecule has 1 aromatic carbocycles. The van der Waals surface area contributed by atoms with Crippen molar-refractivity contribution in [1.82, 2.24) is 15.3 Å². The Balaban J connectivity index is 0.000000821. The predicted molar refractivity (Wildman–Crippen MR) is 126 cm³/mol. The fraction of sp³-hybridized carbons (Fsp3) is 0.542. The molecule has 1 fully saturated rings. The van der Waals surface area contributed by atoms with Crippen molar-refractivity contribution < 1.29 is 13.2 Å². The molecular formula is C24H31N5O3S. The summed E-state index contributed by atoms with van der Waals surface area (Å²) in [5, 5.41) is 10.5. The number of hydrogen-bond acceptors (Lipinski definition) is 8. The van der Waals surface area contributed by atoms with E-state index in [9.17, 15) is 8.42 Å². The monoisotopic (exact) mass is 469 g/mol. The molecule has 33 heavy (non-hydrogen) atoms. The van der Waals surface area contributed by atoms with E-state index < -0.39 is 15.4 Å². The number of fused-ring (bicyclic) bond motifs is 3. The standard InChI is InChI=1S/C22H28N4O3S.C2H3N/c1-15-5-3-6-16-7-4-9-22(18(15)16)10-8-17-19(26-13-11-23-12-14-26)24-21(30(2,27)28)25-20(17)29-22;1-2-3/h3,5-6,23H,4,7-14H2,1-2H3;1H3. The number of nitriles is 1. The highest BCUT2D eigenvalue weighted by atomic mass is 32.2. The smallest absolute Gasteiger partial charge is 0.252 e. The first-order valence-electron chi connectivity index (χ1n) is 11.4. The van der Waals surface area contributed by atoms with E-state index >= 15 is 0 Å². The third-order valence-corrected chi connectivity index (χ3v) is 7.43. The maximum atomic E-state index is 12.4. The lowest BCUT2D eigenvalue weighted by Gasteiger charge is -2.44. The van der Waals surface area contributed by atoms with Gasteiger partial charge in [0, 0.05) is 44.9 Å². The summed E-state index contributed by atoms with van der Waals surface area (Å²) in [6, 6.07) is 8.19. The van der Waals surface area contributed by atoms with E-state index in [1.165, 1.54) is 23.6 Å². The maximum absolute atomic E-state index is 12.4. The Morgan fingerprint density at radius 1 is 1.18 bits per heavy atom. The van der Waals surface area contributed by atoms with Crippen LogP contribution in [0.15, 0.2) is 23.4 Å². The molecule has 1 unspecified atom stereocenters. The molecule has 1 spiro atoms. The molecule has 5 rings (SSSR count). The maximum Gasteiger partial charge on any atom is 0.252 e. The third kappa shape index (κ3) is 4.55. The number of piperazine rings is 1. The number of benzene rings is 1. The van der Waals surface area contributed by atoms with Crippen molar-refractivity contribution in [3.05, 3.63) is 40.5 Å². The fourth-order valence-corrected chi connectivity index (χ4v) is 5.73. The number of nitrogens with zero attached hydrogens (tertiary/aromatic N) is 4. The average molecular weight is 470 g/mol. The average Bonchev–Trinajstić information content (AvgIpc) is 2.79. The molecule has 176 valence electrons. The van der Waals surface area contributed by atoms with Gasteiger partial charge < -0.3 is 15.0 Å². The van der Waals surface area contributed by atoms with Crippen LogP contribution < -0.4 is 15.0 Å². The van der Waals surface area contributed by atoms with Crippen LogP contribution in [0.4, 0.5) is 5.82 Å². The molecule has 0 radical (unpaired) electrons. The minimum atomic E-state index is -3.55. The second-order valence-electron chi connectivity index (χ2n) is 8.91. The summed E-state index contributed by atoms with van der Waals surface area (Å²) in [5.41, 5.74) is 4.34. The molecule has 2 aromatic rings. The van der Waals surface area contributed by atoms with Crippen LogP contribution in [0, 0.1) is 18.3 Å². The van der Waals surface area contributed by atoms with E-state index in [0.717, 1.165) is 75.9 Å². The number of rotatable bonds is 2. The van der Waals surface area contributed by atoms with Crippen molar-refractivity contribution in [1.29, 1.82) is 5.26 Å². The molecule has 1 N–H and O–H groups in total. The van der Waals surface area contributed by atoms with Crippen LogP contribution >= 0.6 is 0 Å². The van der Waals surface area contributed by atoms with E-state index in [-0.39, 0.29) is 5.16 Å². The van der Waals surface area contributed by atoms with E-state index in [4.69, 9.17) is 10.00 Å². The topological polar surface area (TPSA) is 108 Å². The highest BCUT2D eigenvalue weighted by molar-refractivity contribution is 7.90. The summed E-state index contributed by atoms with van der Waals surface area (Å²) < 4.78 is 31.4. The molecule has 0 amide bonds. The van der Waals surface area contributed by atoms with Crippen molar-refractivity contribution >= 4 is 15.7 Å². The molecule has 0 bridgehead atoms. The largest absolute Gasteiger partial charge is 0.466 e. The van der Waals surface area contributed by atoms with Gasteiger partial charge in [0.15, 0.2) is 0 Å². The lowest BCUT2D eigenvalue weighted by Crippen LogP contribution is -2.45. The Hall–Kier alpha value is -2.70. The fourth-order valence-electron chi connectivity index (χ4n) is 5.23. The number of sulfone groups is 1. The minimum absolute atomic E-state index is 0.146. The lowest BCUT2D eigenvalue weighted by molar-refractivity contribution is 0.0186. The highest BCUT2D eigenvalue weighted by Gasteiger charge is 2.44. The molecule has 3 aliphatic rings. The SMILES string of the molecule is CC#N.Cc1cccc2c1C1(CCC2)CCc2c(nc(S(C)(=O)=O)nc2N2CCNCC2)O1. The van der Waals surface area contributed by atoms with Crippen molar-refractivity contribution in [3.63, 3.8) is 0 Å². The summed E-state index contributed by atoms with van der Waals surface area (Å²) in [4.78, 5) is 11.1. The number of aryl methyl sites for hydroxylation is 2. The number of aromatic nitrogens is 2. The summed E-state index contributed by atoms with van der Waals surface area (Å²) in [7, 11) is -3.55. The zero-order valence-electron chi connectivity index (χ0n) is 19.5. The van der Waals surface area contributed by atoms with Gasteiger partial charge in [0.25, 0.3) is 5.16 Å². The van der Waals surface area contributed by atoms with Crippen LogP contribution in [-0.2, 0) is 28.3 Å². The second-order valence-corrected chi connectivity index (χ2v) is 10.8. The van der Waals surface area contributed by atoms with E-state index in [1.54, 1.807) is 6.07 Å². The van der Waals surface area contributed by atoms with Gasteiger partial charge in [0.2, 0.25) is 15.7 Å². The van der Waals surface area contributed by atoms with Crippen molar-refractivity contribution in [2.24, 2.45) is 0 Å². The van der Waals surface area contributed by atoms with Gasteiger partial charge in [-0.25, -0.2) is 13.4 Å². The Bertz CT molecular complexity index is 1190. The molecule has 2 aliphatic heterocycles. The Kier molecular flexibility index (Phi) is 6.59. The third-order valence-electron chi connectivity index (χ3n) is 6.59. The van der Waals surface area contributed by atoms with Gasteiger partial charge in [-0.2, -0.15) is 10.2 Å². The summed E-state index contributed by atoms with van der Waals surface area (Å²) in [5.74, 6) is 1.17. The Morgan fingerprint density at radius 3 is 2.61 bits per heavy atom. The summed E-state index contributed by atoms with van der Waals surface area (Å²) in [6.45, 7) is 6.85. The zero-order chi connectivity index (χ0) is 23.6. The molecule has 1 aliphatic carbocycles. The van der Waals surface area contributed by atoms with Gasteiger partial charge in [-0.3, -0.25) is 0 Å². The summed E-state index contributed by atoms with van der Waals surface area (Å²) >= 11 is 0. The van der Waals surface area contributed by atoms with E-state index in [1.807, 2.05) is 0 Å². The highest BCUT2D eigenvalue weighted by Crippen LogP contribution is 2.48. The first-order chi connectivity index (χ1) is 15.8. The zero-order valence-corrected chi connectivity index (χ0v) is 20.3. The number of hydrogen-bond donors (Lipinski definition) is 1. The molecule has 9 heteroatoms. The van der Waals surface area contributed by atoms with Gasteiger partial charge in [-0.1, -0.05) is 18.2 Å². The van der Waals surface area contributed by atoms with E-state index in [0.29, 0.717) is 5.88 Å². The molecule has 1 saturated heterocycles. The molecule has 8 nitrogen and oxygen atoms in total. The normalized spacial score (nSPS) is 21.7. The van der Waals surface area contributed by atoms with Crippen LogP contribution in [0.3, 0.4) is 0 Å². The molecule has 3 heterocycles. The van der Waals surface area contributed by atoms with Gasteiger partial charge in [-0.15, -0.1) is 0 Å². The van der Waals surface area contributed by atoms with Gasteiger partial charge in [-0.05, 0) is 50.2 Å². The van der Waals surface area contributed by atoms with Gasteiger partial charge in [0.05, 0.1) is 11.6 Å². The van der Waals surface area contributed by atoms with Crippen molar-refractivity contribution in [2.45, 2.75) is 56.7 Å². The van der Waals surface area contributed by atoms with Gasteiger partial charge in [0.1, 0.15) is 11.4 Å². The van der Waals surface area contributed by atoms with Crippen molar-refractivity contribution in [2.75, 3.05) is 37.3 Å². The Labute approximate surface area is 195 Å². The van der Waals surface area contributed by atoms with E-state index in [2.05, 4.69) is 45.3 Å². The Morgan fingerprint density at radius 2 is 1.91 bits per heavy atom. The minimum Gasteiger partial charge on any atom is -0.466 e. The van der Waals surface area contributed by atoms with Crippen LogP contribution in [0.1, 0.15) is 48.4 Å². The molecule has 1 aromatic heterocycles. The van der Waals surface area contributed by atoms with Gasteiger partial charge >= 0.3 is 0 Å². The van der Waals surface area contributed by atoms with Crippen molar-refractivity contribution in [3.8, 4) is 11.9 Å². The molecule has 1 atom stereocenters. The molecular weight excluding hydrogens is 438 g/mol. The summed E-state index contributed by atoms with van der Waals surface area (Å²) in [6.07, 6.45) is 5.84. The quantitative estimate of drug-likeness (QED) is 0.669. The first-order valence-corrected chi connectivity index (χ1v) is 13.3. The van der Waals surface area contributed by atoms with Crippen LogP contribution in [0.5, 0.6) is 5.88 Å². The molecule has 0 saturated carbocycles. The number of nitrogens with one attached hydrogen (secondary N) is 1. The second kappa shape index (κ2) is 9.27. The van der Waals surface area contributed by atoms with Crippen LogP contribution in [-0.4, -0.2) is 50.8 Å². The number of ether oxygens (including phenoxy) is 1. The van der Waals surface area contributed by atoms with Crippen LogP contribution in [0.25, 0.3) is 0 Å². The number of anilines is 1.